The maximum Gasteiger partial charge on any atom is 0.275 e. The number of nitrogens with zero attached hydrogens (tertiary/aromatic N) is 1. The van der Waals surface area contributed by atoms with Crippen LogP contribution in [0.2, 0.25) is 0 Å². The van der Waals surface area contributed by atoms with Gasteiger partial charge in [0.1, 0.15) is 5.69 Å². The molecule has 2 N–H and O–H groups in total. The lowest BCUT2D eigenvalue weighted by molar-refractivity contribution is 0.101. The minimum atomic E-state index is -0.312. The normalized spacial score (nSPS) is 10.6. The van der Waals surface area contributed by atoms with Crippen molar-refractivity contribution in [2.45, 2.75) is 6.92 Å². The molecule has 0 aliphatic carbocycles. The third-order valence-electron chi connectivity index (χ3n) is 3.87. The van der Waals surface area contributed by atoms with Crippen LogP contribution in [0.1, 0.15) is 25.0 Å². The molecule has 0 aliphatic rings. The molecule has 4 aromatic rings. The number of carbonyl (C=O) groups excluding carboxylic acids is 2. The Hall–Kier alpha value is -3.23. The van der Waals surface area contributed by atoms with Gasteiger partial charge in [0.15, 0.2) is 10.8 Å². The Labute approximate surface area is 168 Å². The second-order valence-corrected chi connectivity index (χ2v) is 8.02. The van der Waals surface area contributed by atoms with Gasteiger partial charge in [0, 0.05) is 16.3 Å². The summed E-state index contributed by atoms with van der Waals surface area (Å²) in [5.41, 5.74) is 1.52. The van der Waals surface area contributed by atoms with Gasteiger partial charge in [-0.2, -0.15) is 0 Å². The fourth-order valence-electron chi connectivity index (χ4n) is 2.58. The second kappa shape index (κ2) is 7.79. The smallest absolute Gasteiger partial charge is 0.275 e. The van der Waals surface area contributed by atoms with E-state index in [-0.39, 0.29) is 11.8 Å². The zero-order chi connectivity index (χ0) is 19.5. The van der Waals surface area contributed by atoms with Gasteiger partial charge < -0.3 is 15.1 Å². The molecule has 8 heteroatoms. The van der Waals surface area contributed by atoms with Crippen LogP contribution in [0.4, 0.5) is 11.4 Å². The molecule has 0 saturated carbocycles. The molecule has 0 atom stereocenters. The van der Waals surface area contributed by atoms with Crippen LogP contribution in [0.3, 0.4) is 0 Å². The van der Waals surface area contributed by atoms with E-state index in [1.807, 2.05) is 18.4 Å². The topological polar surface area (TPSA) is 84.2 Å². The van der Waals surface area contributed by atoms with Crippen molar-refractivity contribution >= 4 is 45.9 Å². The van der Waals surface area contributed by atoms with E-state index in [0.29, 0.717) is 32.7 Å². The minimum absolute atomic E-state index is 0.183. The molecular weight excluding hydrogens is 394 g/mol. The van der Waals surface area contributed by atoms with Gasteiger partial charge in [0.2, 0.25) is 0 Å². The van der Waals surface area contributed by atoms with Gasteiger partial charge >= 0.3 is 0 Å². The predicted octanol–water partition coefficient (Wildman–Crippen LogP) is 5.28. The predicted molar refractivity (Wildman–Crippen MR) is 111 cm³/mol. The number of furan rings is 1. The zero-order valence-electron chi connectivity index (χ0n) is 14.8. The first-order valence-electron chi connectivity index (χ1n) is 8.38. The quantitative estimate of drug-likeness (QED) is 0.470. The van der Waals surface area contributed by atoms with Crippen LogP contribution < -0.4 is 10.6 Å². The van der Waals surface area contributed by atoms with Crippen molar-refractivity contribution in [3.05, 3.63) is 75.6 Å². The van der Waals surface area contributed by atoms with E-state index in [1.165, 1.54) is 22.7 Å². The SMILES string of the molecule is Cc1sc(-c2ccco2)nc1C(=O)Nc1cccc(NC(=O)c2cccs2)c1. The number of anilines is 2. The molecule has 0 radical (unpaired) electrons. The molecule has 3 aromatic heterocycles. The molecule has 0 fully saturated rings. The van der Waals surface area contributed by atoms with Crippen LogP contribution in [-0.2, 0) is 0 Å². The monoisotopic (exact) mass is 409 g/mol. The van der Waals surface area contributed by atoms with E-state index < -0.39 is 0 Å². The van der Waals surface area contributed by atoms with Gasteiger partial charge in [-0.1, -0.05) is 12.1 Å². The standard InChI is InChI=1S/C20H15N3O3S2/c1-12-17(23-20(28-12)15-7-3-9-26-15)19(25)22-14-6-2-5-13(11-14)21-18(24)16-8-4-10-27-16/h2-11H,1H3,(H,21,24)(H,22,25). The fourth-order valence-corrected chi connectivity index (χ4v) is 4.08. The molecule has 0 bridgehead atoms. The van der Waals surface area contributed by atoms with E-state index in [4.69, 9.17) is 4.42 Å². The molecule has 6 nitrogen and oxygen atoms in total. The van der Waals surface area contributed by atoms with E-state index >= 15 is 0 Å². The highest BCUT2D eigenvalue weighted by molar-refractivity contribution is 7.15. The van der Waals surface area contributed by atoms with E-state index in [2.05, 4.69) is 15.6 Å². The molecule has 28 heavy (non-hydrogen) atoms. The molecule has 0 spiro atoms. The van der Waals surface area contributed by atoms with Crippen LogP contribution >= 0.6 is 22.7 Å². The van der Waals surface area contributed by atoms with Crippen molar-refractivity contribution in [3.63, 3.8) is 0 Å². The highest BCUT2D eigenvalue weighted by Gasteiger charge is 2.18. The third-order valence-corrected chi connectivity index (χ3v) is 5.72. The summed E-state index contributed by atoms with van der Waals surface area (Å²) in [5.74, 6) is 0.135. The summed E-state index contributed by atoms with van der Waals surface area (Å²) >= 11 is 2.77. The first kappa shape index (κ1) is 18.1. The summed E-state index contributed by atoms with van der Waals surface area (Å²) in [5, 5.41) is 8.16. The third kappa shape index (κ3) is 3.88. The highest BCUT2D eigenvalue weighted by Crippen LogP contribution is 2.28. The second-order valence-electron chi connectivity index (χ2n) is 5.87. The van der Waals surface area contributed by atoms with E-state index in [0.717, 1.165) is 4.88 Å². The number of aryl methyl sites for hydroxylation is 1. The van der Waals surface area contributed by atoms with Crippen LogP contribution in [0, 0.1) is 6.92 Å². The van der Waals surface area contributed by atoms with Gasteiger partial charge in [-0.15, -0.1) is 22.7 Å². The lowest BCUT2D eigenvalue weighted by Gasteiger charge is -2.08. The van der Waals surface area contributed by atoms with Gasteiger partial charge in [0.05, 0.1) is 11.1 Å². The lowest BCUT2D eigenvalue weighted by Crippen LogP contribution is -2.14. The number of benzene rings is 1. The summed E-state index contributed by atoms with van der Waals surface area (Å²) in [7, 11) is 0. The summed E-state index contributed by atoms with van der Waals surface area (Å²) in [6, 6.07) is 14.2. The summed E-state index contributed by atoms with van der Waals surface area (Å²) < 4.78 is 5.35. The number of thiazole rings is 1. The van der Waals surface area contributed by atoms with E-state index in [9.17, 15) is 9.59 Å². The van der Waals surface area contributed by atoms with Gasteiger partial charge in [-0.25, -0.2) is 4.98 Å². The number of hydrogen-bond acceptors (Lipinski definition) is 6. The first-order chi connectivity index (χ1) is 13.6. The number of thiophene rings is 1. The summed E-state index contributed by atoms with van der Waals surface area (Å²) in [6.45, 7) is 1.84. The van der Waals surface area contributed by atoms with Crippen molar-refractivity contribution in [1.29, 1.82) is 0 Å². The van der Waals surface area contributed by atoms with Crippen LogP contribution in [-0.4, -0.2) is 16.8 Å². The Morgan fingerprint density at radius 1 is 1.00 bits per heavy atom. The molecule has 0 unspecified atom stereocenters. The van der Waals surface area contributed by atoms with Crippen molar-refractivity contribution in [2.24, 2.45) is 0 Å². The Balaban J connectivity index is 1.49. The Morgan fingerprint density at radius 2 is 1.79 bits per heavy atom. The minimum Gasteiger partial charge on any atom is -0.462 e. The summed E-state index contributed by atoms with van der Waals surface area (Å²) in [6.07, 6.45) is 1.57. The molecule has 0 aliphatic heterocycles. The number of hydrogen-bond donors (Lipinski definition) is 2. The van der Waals surface area contributed by atoms with Crippen LogP contribution in [0.5, 0.6) is 0 Å². The maximum absolute atomic E-state index is 12.7. The van der Waals surface area contributed by atoms with Crippen molar-refractivity contribution in [1.82, 2.24) is 4.98 Å². The van der Waals surface area contributed by atoms with E-state index in [1.54, 1.807) is 48.7 Å². The number of carbonyl (C=O) groups is 2. The molecule has 2 amide bonds. The Kier molecular flexibility index (Phi) is 5.05. The Bertz CT molecular complexity index is 1120. The molecular formula is C20H15N3O3S2. The lowest BCUT2D eigenvalue weighted by atomic mass is 10.2. The van der Waals surface area contributed by atoms with Crippen molar-refractivity contribution < 1.29 is 14.0 Å². The maximum atomic E-state index is 12.7. The van der Waals surface area contributed by atoms with Gasteiger partial charge in [-0.3, -0.25) is 9.59 Å². The Morgan fingerprint density at radius 3 is 2.46 bits per heavy atom. The molecule has 140 valence electrons. The van der Waals surface area contributed by atoms with Crippen LogP contribution in [0.15, 0.2) is 64.6 Å². The number of amides is 2. The summed E-state index contributed by atoms with van der Waals surface area (Å²) in [4.78, 5) is 30.7. The van der Waals surface area contributed by atoms with Crippen molar-refractivity contribution in [3.8, 4) is 10.8 Å². The highest BCUT2D eigenvalue weighted by atomic mass is 32.1. The molecule has 0 saturated heterocycles. The molecule has 1 aromatic carbocycles. The van der Waals surface area contributed by atoms with Gasteiger partial charge in [0.25, 0.3) is 11.8 Å². The van der Waals surface area contributed by atoms with Gasteiger partial charge in [-0.05, 0) is 48.7 Å². The average Bonchev–Trinajstić information content (AvgIpc) is 3.43. The van der Waals surface area contributed by atoms with Crippen molar-refractivity contribution in [2.75, 3.05) is 10.6 Å². The number of nitrogens with one attached hydrogen (secondary N) is 2. The largest absolute Gasteiger partial charge is 0.462 e. The number of aromatic nitrogens is 1. The van der Waals surface area contributed by atoms with Crippen LogP contribution in [0.25, 0.3) is 10.8 Å². The first-order valence-corrected chi connectivity index (χ1v) is 10.1. The average molecular weight is 409 g/mol. The number of rotatable bonds is 5. The molecule has 3 heterocycles. The zero-order valence-corrected chi connectivity index (χ0v) is 16.4. The fraction of sp³-hybridized carbons (Fsp3) is 0.0500. The molecule has 4 rings (SSSR count).